The molecule has 4 heteroatoms. The largest absolute Gasteiger partial charge is 0.395 e. The van der Waals surface area contributed by atoms with Crippen molar-refractivity contribution >= 4 is 5.91 Å². The summed E-state index contributed by atoms with van der Waals surface area (Å²) in [6.07, 6.45) is 2.83. The van der Waals surface area contributed by atoms with Crippen molar-refractivity contribution in [3.05, 3.63) is 0 Å². The van der Waals surface area contributed by atoms with E-state index in [0.29, 0.717) is 19.0 Å². The fourth-order valence-corrected chi connectivity index (χ4v) is 1.57. The topological polar surface area (TPSA) is 52.6 Å². The standard InChI is InChI=1S/C9H18N2O2/c1-11(5-6-12)9(13)7-8-3-2-4-10-8/h8,10,12H,2-7H2,1H3. The van der Waals surface area contributed by atoms with Gasteiger partial charge in [0.1, 0.15) is 0 Å². The molecule has 1 heterocycles. The molecule has 2 N–H and O–H groups in total. The van der Waals surface area contributed by atoms with E-state index in [1.54, 1.807) is 11.9 Å². The minimum absolute atomic E-state index is 0.0420. The van der Waals surface area contributed by atoms with Gasteiger partial charge in [0.05, 0.1) is 6.61 Å². The van der Waals surface area contributed by atoms with Crippen molar-refractivity contribution < 1.29 is 9.90 Å². The Morgan fingerprint density at radius 1 is 1.69 bits per heavy atom. The van der Waals surface area contributed by atoms with Crippen LogP contribution in [0.5, 0.6) is 0 Å². The van der Waals surface area contributed by atoms with E-state index < -0.39 is 0 Å². The van der Waals surface area contributed by atoms with Crippen molar-refractivity contribution in [2.45, 2.75) is 25.3 Å². The first-order chi connectivity index (χ1) is 6.24. The molecule has 0 bridgehead atoms. The van der Waals surface area contributed by atoms with E-state index in [4.69, 9.17) is 5.11 Å². The number of carbonyl (C=O) groups is 1. The molecule has 1 atom stereocenters. The van der Waals surface area contributed by atoms with Crippen molar-refractivity contribution in [3.63, 3.8) is 0 Å². The lowest BCUT2D eigenvalue weighted by atomic mass is 10.1. The monoisotopic (exact) mass is 186 g/mol. The van der Waals surface area contributed by atoms with Crippen molar-refractivity contribution in [3.8, 4) is 0 Å². The summed E-state index contributed by atoms with van der Waals surface area (Å²) in [5.74, 6) is 0.119. The van der Waals surface area contributed by atoms with Crippen molar-refractivity contribution in [1.82, 2.24) is 10.2 Å². The van der Waals surface area contributed by atoms with Crippen LogP contribution in [-0.2, 0) is 4.79 Å². The molecular formula is C9H18N2O2. The molecule has 0 aromatic carbocycles. The van der Waals surface area contributed by atoms with Crippen LogP contribution in [0.3, 0.4) is 0 Å². The maximum Gasteiger partial charge on any atom is 0.223 e. The van der Waals surface area contributed by atoms with Crippen LogP contribution in [0.25, 0.3) is 0 Å². The van der Waals surface area contributed by atoms with Gasteiger partial charge in [0.15, 0.2) is 0 Å². The molecule has 0 aromatic rings. The van der Waals surface area contributed by atoms with Gasteiger partial charge >= 0.3 is 0 Å². The third-order valence-corrected chi connectivity index (χ3v) is 2.44. The predicted octanol–water partition coefficient (Wildman–Crippen LogP) is -0.421. The van der Waals surface area contributed by atoms with Crippen LogP contribution in [0.2, 0.25) is 0 Å². The van der Waals surface area contributed by atoms with Gasteiger partial charge in [-0.15, -0.1) is 0 Å². The van der Waals surface area contributed by atoms with Gasteiger partial charge in [0.2, 0.25) is 5.91 Å². The summed E-state index contributed by atoms with van der Waals surface area (Å²) in [4.78, 5) is 13.0. The first kappa shape index (κ1) is 10.5. The highest BCUT2D eigenvalue weighted by atomic mass is 16.3. The van der Waals surface area contributed by atoms with Crippen LogP contribution in [0.4, 0.5) is 0 Å². The molecule has 1 rings (SSSR count). The van der Waals surface area contributed by atoms with Gasteiger partial charge in [-0.3, -0.25) is 4.79 Å². The van der Waals surface area contributed by atoms with E-state index >= 15 is 0 Å². The van der Waals surface area contributed by atoms with E-state index in [1.165, 1.54) is 6.42 Å². The highest BCUT2D eigenvalue weighted by molar-refractivity contribution is 5.76. The summed E-state index contributed by atoms with van der Waals surface area (Å²) in [5, 5.41) is 11.9. The molecule has 0 saturated carbocycles. The van der Waals surface area contributed by atoms with Crippen molar-refractivity contribution in [2.75, 3.05) is 26.7 Å². The third kappa shape index (κ3) is 3.32. The van der Waals surface area contributed by atoms with E-state index in [2.05, 4.69) is 5.32 Å². The Morgan fingerprint density at radius 2 is 2.46 bits per heavy atom. The molecule has 13 heavy (non-hydrogen) atoms. The number of nitrogens with zero attached hydrogens (tertiary/aromatic N) is 1. The van der Waals surface area contributed by atoms with E-state index in [-0.39, 0.29) is 12.5 Å². The average Bonchev–Trinajstić information content (AvgIpc) is 2.57. The Morgan fingerprint density at radius 3 is 3.00 bits per heavy atom. The maximum absolute atomic E-state index is 11.5. The summed E-state index contributed by atoms with van der Waals surface area (Å²) < 4.78 is 0. The average molecular weight is 186 g/mol. The number of aliphatic hydroxyl groups excluding tert-OH is 1. The Labute approximate surface area is 78.9 Å². The van der Waals surface area contributed by atoms with E-state index in [9.17, 15) is 4.79 Å². The fraction of sp³-hybridized carbons (Fsp3) is 0.889. The number of likely N-dealkylation sites (N-methyl/N-ethyl adjacent to an activating group) is 1. The van der Waals surface area contributed by atoms with Gasteiger partial charge in [0.25, 0.3) is 0 Å². The lowest BCUT2D eigenvalue weighted by Gasteiger charge is -2.18. The predicted molar refractivity (Wildman–Crippen MR) is 50.4 cm³/mol. The van der Waals surface area contributed by atoms with Gasteiger partial charge in [-0.25, -0.2) is 0 Å². The molecule has 76 valence electrons. The lowest BCUT2D eigenvalue weighted by Crippen LogP contribution is -2.34. The molecule has 0 aromatic heterocycles. The minimum atomic E-state index is 0.0420. The number of nitrogens with one attached hydrogen (secondary N) is 1. The zero-order chi connectivity index (χ0) is 9.68. The van der Waals surface area contributed by atoms with Gasteiger partial charge in [-0.2, -0.15) is 0 Å². The smallest absolute Gasteiger partial charge is 0.223 e. The molecule has 1 aliphatic rings. The second-order valence-corrected chi connectivity index (χ2v) is 3.54. The van der Waals surface area contributed by atoms with Gasteiger partial charge in [0, 0.05) is 26.1 Å². The summed E-state index contributed by atoms with van der Waals surface area (Å²) >= 11 is 0. The van der Waals surface area contributed by atoms with Gasteiger partial charge < -0.3 is 15.3 Å². The highest BCUT2D eigenvalue weighted by Gasteiger charge is 2.19. The molecule has 1 saturated heterocycles. The summed E-state index contributed by atoms with van der Waals surface area (Å²) in [6.45, 7) is 1.51. The summed E-state index contributed by atoms with van der Waals surface area (Å²) in [5.41, 5.74) is 0. The third-order valence-electron chi connectivity index (χ3n) is 2.44. The zero-order valence-electron chi connectivity index (χ0n) is 8.12. The number of hydrogen-bond acceptors (Lipinski definition) is 3. The Kier molecular flexibility index (Phi) is 4.18. The molecule has 1 amide bonds. The number of rotatable bonds is 4. The van der Waals surface area contributed by atoms with Crippen LogP contribution in [0.15, 0.2) is 0 Å². The number of aliphatic hydroxyl groups is 1. The van der Waals surface area contributed by atoms with Crippen LogP contribution in [0, 0.1) is 0 Å². The summed E-state index contributed by atoms with van der Waals surface area (Å²) in [6, 6.07) is 0.355. The number of amides is 1. The van der Waals surface area contributed by atoms with Crippen LogP contribution in [-0.4, -0.2) is 48.7 Å². The fourth-order valence-electron chi connectivity index (χ4n) is 1.57. The van der Waals surface area contributed by atoms with Gasteiger partial charge in [-0.1, -0.05) is 0 Å². The van der Waals surface area contributed by atoms with Crippen LogP contribution < -0.4 is 5.32 Å². The minimum Gasteiger partial charge on any atom is -0.395 e. The normalized spacial score (nSPS) is 21.8. The van der Waals surface area contributed by atoms with Crippen LogP contribution in [0.1, 0.15) is 19.3 Å². The van der Waals surface area contributed by atoms with E-state index in [0.717, 1.165) is 13.0 Å². The SMILES string of the molecule is CN(CCO)C(=O)CC1CCCN1. The van der Waals surface area contributed by atoms with E-state index in [1.807, 2.05) is 0 Å². The molecular weight excluding hydrogens is 168 g/mol. The highest BCUT2D eigenvalue weighted by Crippen LogP contribution is 2.09. The first-order valence-electron chi connectivity index (χ1n) is 4.82. The zero-order valence-corrected chi connectivity index (χ0v) is 8.12. The Hall–Kier alpha value is -0.610. The van der Waals surface area contributed by atoms with Crippen molar-refractivity contribution in [1.29, 1.82) is 0 Å². The maximum atomic E-state index is 11.5. The molecule has 4 nitrogen and oxygen atoms in total. The first-order valence-corrected chi connectivity index (χ1v) is 4.82. The second-order valence-electron chi connectivity index (χ2n) is 3.54. The molecule has 1 aliphatic heterocycles. The molecule has 0 spiro atoms. The van der Waals surface area contributed by atoms with Gasteiger partial charge in [-0.05, 0) is 19.4 Å². The Bertz CT molecular complexity index is 167. The number of carbonyl (C=O) groups excluding carboxylic acids is 1. The molecule has 0 aliphatic carbocycles. The van der Waals surface area contributed by atoms with Crippen molar-refractivity contribution in [2.24, 2.45) is 0 Å². The number of hydrogen-bond donors (Lipinski definition) is 2. The Balaban J connectivity index is 2.22. The quantitative estimate of drug-likeness (QED) is 0.627. The summed E-state index contributed by atoms with van der Waals surface area (Å²) in [7, 11) is 1.73. The second kappa shape index (κ2) is 5.19. The molecule has 1 unspecified atom stereocenters. The molecule has 1 fully saturated rings. The lowest BCUT2D eigenvalue weighted by molar-refractivity contribution is -0.130. The van der Waals surface area contributed by atoms with Crippen LogP contribution >= 0.6 is 0 Å². The molecule has 0 radical (unpaired) electrons.